The molecule has 2 unspecified atom stereocenters. The number of ether oxygens (including phenoxy) is 1. The van der Waals surface area contributed by atoms with E-state index >= 15 is 0 Å². The van der Waals surface area contributed by atoms with Gasteiger partial charge in [-0.1, -0.05) is 48.5 Å². The second kappa shape index (κ2) is 11.8. The molecule has 208 valence electrons. The molecule has 0 saturated carbocycles. The predicted molar refractivity (Wildman–Crippen MR) is 145 cm³/mol. The summed E-state index contributed by atoms with van der Waals surface area (Å²) in [6.45, 7) is -0.00439. The number of rotatable bonds is 7. The van der Waals surface area contributed by atoms with Crippen molar-refractivity contribution < 1.29 is 28.6 Å². The molecule has 11 heteroatoms. The van der Waals surface area contributed by atoms with Gasteiger partial charge in [-0.15, -0.1) is 0 Å². The highest BCUT2D eigenvalue weighted by Crippen LogP contribution is 2.34. The van der Waals surface area contributed by atoms with E-state index in [1.54, 1.807) is 60.7 Å². The first-order chi connectivity index (χ1) is 19.8. The lowest BCUT2D eigenvalue weighted by atomic mass is 10.1. The lowest BCUT2D eigenvalue weighted by Crippen LogP contribution is -2.34. The molecule has 41 heavy (non-hydrogen) atoms. The molecule has 2 atom stereocenters. The third-order valence-corrected chi connectivity index (χ3v) is 6.64. The summed E-state index contributed by atoms with van der Waals surface area (Å²) in [7, 11) is 0. The van der Waals surface area contributed by atoms with Gasteiger partial charge < -0.3 is 25.0 Å². The van der Waals surface area contributed by atoms with Crippen molar-refractivity contribution in [1.29, 1.82) is 0 Å². The Morgan fingerprint density at radius 3 is 2.27 bits per heavy atom. The number of likely N-dealkylation sites (tertiary alicyclic amines) is 1. The van der Waals surface area contributed by atoms with Crippen molar-refractivity contribution in [1.82, 2.24) is 20.2 Å². The van der Waals surface area contributed by atoms with E-state index in [2.05, 4.69) is 15.3 Å². The predicted octanol–water partition coefficient (Wildman–Crippen LogP) is 3.36. The van der Waals surface area contributed by atoms with Crippen LogP contribution in [0.1, 0.15) is 55.1 Å². The van der Waals surface area contributed by atoms with E-state index in [0.29, 0.717) is 16.7 Å². The second-order valence-corrected chi connectivity index (χ2v) is 9.43. The molecule has 5 rings (SSSR count). The Bertz CT molecular complexity index is 1630. The van der Waals surface area contributed by atoms with E-state index in [0.717, 1.165) is 0 Å². The second-order valence-electron chi connectivity index (χ2n) is 9.43. The number of carbonyl (C=O) groups is 3. The number of aromatic amines is 1. The van der Waals surface area contributed by atoms with E-state index in [1.165, 1.54) is 29.2 Å². The molecule has 0 bridgehead atoms. The first-order valence-electron chi connectivity index (χ1n) is 12.8. The van der Waals surface area contributed by atoms with Crippen LogP contribution in [0.5, 0.6) is 5.75 Å². The highest BCUT2D eigenvalue weighted by Gasteiger charge is 2.40. The van der Waals surface area contributed by atoms with Gasteiger partial charge in [-0.3, -0.25) is 14.4 Å². The number of benzene rings is 3. The minimum Gasteiger partial charge on any atom is -0.501 e. The highest BCUT2D eigenvalue weighted by molar-refractivity contribution is 5.95. The molecule has 1 aliphatic rings. The van der Waals surface area contributed by atoms with Crippen molar-refractivity contribution in [2.45, 2.75) is 25.1 Å². The molecule has 2 amide bonds. The van der Waals surface area contributed by atoms with E-state index in [9.17, 15) is 28.7 Å². The van der Waals surface area contributed by atoms with Crippen molar-refractivity contribution >= 4 is 17.8 Å². The van der Waals surface area contributed by atoms with Crippen LogP contribution in [-0.4, -0.2) is 50.4 Å². The Morgan fingerprint density at radius 1 is 0.976 bits per heavy atom. The molecule has 0 spiro atoms. The van der Waals surface area contributed by atoms with Crippen molar-refractivity contribution in [2.75, 3.05) is 6.54 Å². The van der Waals surface area contributed by atoms with Crippen molar-refractivity contribution in [3.8, 4) is 5.75 Å². The number of nitrogens with one attached hydrogen (secondary N) is 2. The summed E-state index contributed by atoms with van der Waals surface area (Å²) < 4.78 is 18.9. The molecule has 2 heterocycles. The minimum absolute atomic E-state index is 0.00759. The SMILES string of the molecule is O=C(OC1CC(c2nc(C(=O)NCc3ccc(F)cc3)c(O)c(=O)[nH]2)N(C(=O)c2ccccc2)C1)c1ccccc1. The van der Waals surface area contributed by atoms with E-state index < -0.39 is 52.7 Å². The quantitative estimate of drug-likeness (QED) is 0.297. The van der Waals surface area contributed by atoms with Gasteiger partial charge in [-0.05, 0) is 42.0 Å². The molecule has 1 aliphatic heterocycles. The summed E-state index contributed by atoms with van der Waals surface area (Å²) in [5.41, 5.74) is -0.219. The van der Waals surface area contributed by atoms with Gasteiger partial charge in [-0.25, -0.2) is 14.2 Å². The van der Waals surface area contributed by atoms with Gasteiger partial charge in [-0.2, -0.15) is 0 Å². The molecule has 0 aliphatic carbocycles. The average Bonchev–Trinajstić information content (AvgIpc) is 3.42. The number of aromatic hydroxyl groups is 1. The number of carbonyl (C=O) groups excluding carboxylic acids is 3. The molecular weight excluding hydrogens is 531 g/mol. The van der Waals surface area contributed by atoms with Crippen LogP contribution in [0, 0.1) is 5.82 Å². The largest absolute Gasteiger partial charge is 0.501 e. The Hall–Kier alpha value is -5.32. The molecule has 1 aromatic heterocycles. The molecule has 3 N–H and O–H groups in total. The Labute approximate surface area is 233 Å². The molecule has 4 aromatic rings. The summed E-state index contributed by atoms with van der Waals surface area (Å²) in [4.78, 5) is 59.9. The smallest absolute Gasteiger partial charge is 0.338 e. The van der Waals surface area contributed by atoms with Crippen LogP contribution in [0.25, 0.3) is 0 Å². The molecule has 3 aromatic carbocycles. The average molecular weight is 557 g/mol. The van der Waals surface area contributed by atoms with Crippen LogP contribution in [0.4, 0.5) is 4.39 Å². The lowest BCUT2D eigenvalue weighted by Gasteiger charge is -2.24. The number of hydrogen-bond donors (Lipinski definition) is 3. The Balaban J connectivity index is 1.42. The fourth-order valence-electron chi connectivity index (χ4n) is 4.58. The maximum atomic E-state index is 13.5. The zero-order chi connectivity index (χ0) is 28.9. The van der Waals surface area contributed by atoms with Crippen LogP contribution in [-0.2, 0) is 11.3 Å². The summed E-state index contributed by atoms with van der Waals surface area (Å²) in [6, 6.07) is 21.4. The van der Waals surface area contributed by atoms with Crippen LogP contribution in [0.3, 0.4) is 0 Å². The van der Waals surface area contributed by atoms with Gasteiger partial charge in [0.15, 0.2) is 5.69 Å². The van der Waals surface area contributed by atoms with Crippen molar-refractivity contribution in [2.24, 2.45) is 0 Å². The van der Waals surface area contributed by atoms with Gasteiger partial charge in [0, 0.05) is 18.5 Å². The molecular formula is C30H25FN4O6. The zero-order valence-electron chi connectivity index (χ0n) is 21.6. The summed E-state index contributed by atoms with van der Waals surface area (Å²) in [5, 5.41) is 12.9. The fourth-order valence-corrected chi connectivity index (χ4v) is 4.58. The standard InChI is InChI=1S/C30H25FN4O6/c31-21-13-11-18(12-14-21)16-32-27(37)24-25(36)28(38)34-26(33-24)23-15-22(41-30(40)20-9-5-2-6-10-20)17-35(23)29(39)19-7-3-1-4-8-19/h1-14,22-23,36H,15-17H2,(H,32,37)(H,33,34,38). The van der Waals surface area contributed by atoms with Gasteiger partial charge in [0.2, 0.25) is 5.75 Å². The maximum Gasteiger partial charge on any atom is 0.338 e. The number of H-pyrrole nitrogens is 1. The van der Waals surface area contributed by atoms with Crippen LogP contribution in [0.15, 0.2) is 89.7 Å². The first-order valence-corrected chi connectivity index (χ1v) is 12.8. The number of esters is 1. The van der Waals surface area contributed by atoms with Crippen molar-refractivity contribution in [3.63, 3.8) is 0 Å². The lowest BCUT2D eigenvalue weighted by molar-refractivity contribution is 0.0315. The summed E-state index contributed by atoms with van der Waals surface area (Å²) in [6.07, 6.45) is -0.656. The number of aromatic nitrogens is 2. The van der Waals surface area contributed by atoms with Crippen LogP contribution >= 0.6 is 0 Å². The maximum absolute atomic E-state index is 13.5. The van der Waals surface area contributed by atoms with Gasteiger partial charge in [0.05, 0.1) is 18.2 Å². The van der Waals surface area contributed by atoms with Gasteiger partial charge >= 0.3 is 5.97 Å². The Kier molecular flexibility index (Phi) is 7.86. The normalized spacial score (nSPS) is 16.3. The summed E-state index contributed by atoms with van der Waals surface area (Å²) >= 11 is 0. The number of hydrogen-bond acceptors (Lipinski definition) is 7. The van der Waals surface area contributed by atoms with E-state index in [4.69, 9.17) is 4.74 Å². The number of halogens is 1. The van der Waals surface area contributed by atoms with E-state index in [1.807, 2.05) is 0 Å². The third-order valence-electron chi connectivity index (χ3n) is 6.64. The van der Waals surface area contributed by atoms with E-state index in [-0.39, 0.29) is 25.3 Å². The topological polar surface area (TPSA) is 142 Å². The Morgan fingerprint density at radius 2 is 1.61 bits per heavy atom. The third kappa shape index (κ3) is 6.14. The zero-order valence-corrected chi connectivity index (χ0v) is 21.6. The molecule has 1 fully saturated rings. The highest BCUT2D eigenvalue weighted by atomic mass is 19.1. The van der Waals surface area contributed by atoms with Gasteiger partial charge in [0.1, 0.15) is 17.7 Å². The van der Waals surface area contributed by atoms with Crippen LogP contribution < -0.4 is 10.9 Å². The molecule has 0 radical (unpaired) electrons. The first kappa shape index (κ1) is 27.3. The molecule has 1 saturated heterocycles. The van der Waals surface area contributed by atoms with Crippen LogP contribution in [0.2, 0.25) is 0 Å². The molecule has 10 nitrogen and oxygen atoms in total. The van der Waals surface area contributed by atoms with Gasteiger partial charge in [0.25, 0.3) is 17.4 Å². The monoisotopic (exact) mass is 556 g/mol. The minimum atomic E-state index is -0.973. The summed E-state index contributed by atoms with van der Waals surface area (Å²) in [5.74, 6) is -3.19. The van der Waals surface area contributed by atoms with Crippen molar-refractivity contribution in [3.05, 3.63) is 129 Å². The fraction of sp³-hybridized carbons (Fsp3) is 0.167. The number of amides is 2. The number of nitrogens with zero attached hydrogens (tertiary/aromatic N) is 2.